The Kier molecular flexibility index (Phi) is 5.02. The van der Waals surface area contributed by atoms with Crippen LogP contribution in [0, 0.1) is 17.1 Å². The molecule has 4 rings (SSSR count). The summed E-state index contributed by atoms with van der Waals surface area (Å²) in [6, 6.07) is 17.9. The van der Waals surface area contributed by atoms with E-state index >= 15 is 0 Å². The van der Waals surface area contributed by atoms with Gasteiger partial charge in [-0.3, -0.25) is 0 Å². The Hall–Kier alpha value is -3.66. The molecule has 0 spiro atoms. The molecule has 0 aliphatic carbocycles. The number of nitrogens with one attached hydrogen (secondary N) is 1. The van der Waals surface area contributed by atoms with Gasteiger partial charge in [0.2, 0.25) is 5.95 Å². The topological polar surface area (TPSA) is 68.1 Å². The van der Waals surface area contributed by atoms with E-state index in [2.05, 4.69) is 31.2 Å². The Labute approximate surface area is 162 Å². The van der Waals surface area contributed by atoms with Crippen LogP contribution < -0.4 is 15.1 Å². The van der Waals surface area contributed by atoms with Crippen LogP contribution in [0.3, 0.4) is 0 Å². The Morgan fingerprint density at radius 2 is 1.64 bits per heavy atom. The van der Waals surface area contributed by atoms with E-state index in [1.54, 1.807) is 12.3 Å². The molecule has 28 heavy (non-hydrogen) atoms. The third kappa shape index (κ3) is 3.86. The van der Waals surface area contributed by atoms with Crippen LogP contribution >= 0.6 is 0 Å². The lowest BCUT2D eigenvalue weighted by atomic mass is 10.2. The molecule has 6 nitrogen and oxygen atoms in total. The van der Waals surface area contributed by atoms with E-state index in [1.807, 2.05) is 36.4 Å². The maximum absolute atomic E-state index is 13.1. The zero-order chi connectivity index (χ0) is 19.3. The highest BCUT2D eigenvalue weighted by molar-refractivity contribution is 5.63. The summed E-state index contributed by atoms with van der Waals surface area (Å²) in [5.41, 5.74) is 2.26. The summed E-state index contributed by atoms with van der Waals surface area (Å²) < 4.78 is 13.1. The lowest BCUT2D eigenvalue weighted by Gasteiger charge is -2.36. The minimum Gasteiger partial charge on any atom is -0.368 e. The maximum atomic E-state index is 13.1. The monoisotopic (exact) mass is 374 g/mol. The fourth-order valence-corrected chi connectivity index (χ4v) is 3.24. The Morgan fingerprint density at radius 1 is 0.929 bits per heavy atom. The highest BCUT2D eigenvalue weighted by Crippen LogP contribution is 2.22. The van der Waals surface area contributed by atoms with Gasteiger partial charge in [0.1, 0.15) is 17.7 Å². The minimum absolute atomic E-state index is 0.221. The summed E-state index contributed by atoms with van der Waals surface area (Å²) in [5.74, 6) is 1.08. The third-order valence-electron chi connectivity index (χ3n) is 4.73. The Morgan fingerprint density at radius 3 is 2.39 bits per heavy atom. The standard InChI is InChI=1S/C21H19FN6/c22-17-5-7-18(8-6-17)27-11-13-28(14-12-27)20-9-10-24-21(26-20)25-19-4-2-1-3-16(19)15-23/h1-10H,11-14H2,(H,24,25,26). The van der Waals surface area contributed by atoms with Crippen molar-refractivity contribution < 1.29 is 4.39 Å². The molecule has 1 fully saturated rings. The second-order valence-corrected chi connectivity index (χ2v) is 6.47. The van der Waals surface area contributed by atoms with Crippen molar-refractivity contribution in [3.8, 4) is 6.07 Å². The molecule has 0 atom stereocenters. The number of benzene rings is 2. The number of hydrogen-bond donors (Lipinski definition) is 1. The van der Waals surface area contributed by atoms with Crippen molar-refractivity contribution >= 4 is 23.1 Å². The van der Waals surface area contributed by atoms with Gasteiger partial charge in [0.25, 0.3) is 0 Å². The van der Waals surface area contributed by atoms with Crippen molar-refractivity contribution in [3.05, 3.63) is 72.2 Å². The van der Waals surface area contributed by atoms with E-state index in [0.29, 0.717) is 17.2 Å². The van der Waals surface area contributed by atoms with Crippen LogP contribution in [-0.2, 0) is 0 Å². The van der Waals surface area contributed by atoms with Crippen molar-refractivity contribution in [3.63, 3.8) is 0 Å². The molecule has 7 heteroatoms. The normalized spacial score (nSPS) is 13.9. The number of nitriles is 1. The third-order valence-corrected chi connectivity index (χ3v) is 4.73. The highest BCUT2D eigenvalue weighted by atomic mass is 19.1. The molecule has 1 aliphatic heterocycles. The van der Waals surface area contributed by atoms with Crippen LogP contribution in [-0.4, -0.2) is 36.1 Å². The van der Waals surface area contributed by atoms with Crippen LogP contribution in [0.25, 0.3) is 0 Å². The first-order chi connectivity index (χ1) is 13.7. The number of para-hydroxylation sites is 1. The summed E-state index contributed by atoms with van der Waals surface area (Å²) in [7, 11) is 0. The molecular weight excluding hydrogens is 355 g/mol. The molecule has 0 unspecified atom stereocenters. The van der Waals surface area contributed by atoms with E-state index in [4.69, 9.17) is 0 Å². The largest absolute Gasteiger partial charge is 0.368 e. The van der Waals surface area contributed by atoms with E-state index in [9.17, 15) is 9.65 Å². The SMILES string of the molecule is N#Cc1ccccc1Nc1nccc(N2CCN(c3ccc(F)cc3)CC2)n1. The summed E-state index contributed by atoms with van der Waals surface area (Å²) >= 11 is 0. The second-order valence-electron chi connectivity index (χ2n) is 6.47. The number of piperazine rings is 1. The molecule has 0 radical (unpaired) electrons. The van der Waals surface area contributed by atoms with Crippen molar-refractivity contribution in [1.29, 1.82) is 5.26 Å². The van der Waals surface area contributed by atoms with Gasteiger partial charge in [0, 0.05) is 38.1 Å². The number of nitrogens with zero attached hydrogens (tertiary/aromatic N) is 5. The summed E-state index contributed by atoms with van der Waals surface area (Å²) in [4.78, 5) is 13.3. The van der Waals surface area contributed by atoms with Crippen LogP contribution in [0.15, 0.2) is 60.8 Å². The molecular formula is C21H19FN6. The molecule has 0 amide bonds. The molecule has 1 aliphatic rings. The summed E-state index contributed by atoms with van der Waals surface area (Å²) in [6.07, 6.45) is 1.71. The van der Waals surface area contributed by atoms with Crippen LogP contribution in [0.2, 0.25) is 0 Å². The van der Waals surface area contributed by atoms with Gasteiger partial charge in [0.05, 0.1) is 11.3 Å². The number of hydrogen-bond acceptors (Lipinski definition) is 6. The van der Waals surface area contributed by atoms with Gasteiger partial charge in [-0.25, -0.2) is 9.37 Å². The predicted molar refractivity (Wildman–Crippen MR) is 107 cm³/mol. The number of aromatic nitrogens is 2. The van der Waals surface area contributed by atoms with Crippen molar-refractivity contribution in [2.75, 3.05) is 41.3 Å². The number of anilines is 4. The minimum atomic E-state index is -0.221. The molecule has 2 heterocycles. The average molecular weight is 374 g/mol. The maximum Gasteiger partial charge on any atom is 0.229 e. The first kappa shape index (κ1) is 17.7. The van der Waals surface area contributed by atoms with E-state index < -0.39 is 0 Å². The first-order valence-corrected chi connectivity index (χ1v) is 9.07. The van der Waals surface area contributed by atoms with Gasteiger partial charge in [-0.05, 0) is 42.5 Å². The van der Waals surface area contributed by atoms with E-state index in [-0.39, 0.29) is 5.82 Å². The zero-order valence-corrected chi connectivity index (χ0v) is 15.2. The Bertz CT molecular complexity index is 990. The van der Waals surface area contributed by atoms with Gasteiger partial charge in [-0.1, -0.05) is 12.1 Å². The van der Waals surface area contributed by atoms with Gasteiger partial charge < -0.3 is 15.1 Å². The molecule has 1 aromatic heterocycles. The zero-order valence-electron chi connectivity index (χ0n) is 15.2. The lowest BCUT2D eigenvalue weighted by Crippen LogP contribution is -2.46. The summed E-state index contributed by atoms with van der Waals surface area (Å²) in [5, 5.41) is 12.3. The predicted octanol–water partition coefficient (Wildman–Crippen LogP) is 3.56. The first-order valence-electron chi connectivity index (χ1n) is 9.07. The van der Waals surface area contributed by atoms with E-state index in [0.717, 1.165) is 37.7 Å². The van der Waals surface area contributed by atoms with Gasteiger partial charge in [0.15, 0.2) is 0 Å². The fraction of sp³-hybridized carbons (Fsp3) is 0.190. The molecule has 2 aromatic carbocycles. The van der Waals surface area contributed by atoms with Crippen LogP contribution in [0.1, 0.15) is 5.56 Å². The van der Waals surface area contributed by atoms with Crippen molar-refractivity contribution in [2.45, 2.75) is 0 Å². The molecule has 3 aromatic rings. The van der Waals surface area contributed by atoms with Gasteiger partial charge in [-0.15, -0.1) is 0 Å². The molecule has 0 saturated carbocycles. The molecule has 1 saturated heterocycles. The fourth-order valence-electron chi connectivity index (χ4n) is 3.24. The van der Waals surface area contributed by atoms with Crippen molar-refractivity contribution in [1.82, 2.24) is 9.97 Å². The average Bonchev–Trinajstić information content (AvgIpc) is 2.75. The molecule has 0 bridgehead atoms. The van der Waals surface area contributed by atoms with Crippen LogP contribution in [0.5, 0.6) is 0 Å². The quantitative estimate of drug-likeness (QED) is 0.753. The van der Waals surface area contributed by atoms with Crippen LogP contribution in [0.4, 0.5) is 27.5 Å². The summed E-state index contributed by atoms with van der Waals surface area (Å²) in [6.45, 7) is 3.27. The smallest absolute Gasteiger partial charge is 0.229 e. The second kappa shape index (κ2) is 7.92. The number of halogens is 1. The molecule has 1 N–H and O–H groups in total. The molecule has 140 valence electrons. The van der Waals surface area contributed by atoms with Crippen molar-refractivity contribution in [2.24, 2.45) is 0 Å². The van der Waals surface area contributed by atoms with Gasteiger partial charge in [-0.2, -0.15) is 10.2 Å². The lowest BCUT2D eigenvalue weighted by molar-refractivity contribution is 0.624. The van der Waals surface area contributed by atoms with E-state index in [1.165, 1.54) is 12.1 Å². The highest BCUT2D eigenvalue weighted by Gasteiger charge is 2.19. The Balaban J connectivity index is 1.44. The number of rotatable bonds is 4. The van der Waals surface area contributed by atoms with Gasteiger partial charge >= 0.3 is 0 Å².